The highest BCUT2D eigenvalue weighted by Crippen LogP contribution is 2.33. The molecule has 1 N–H and O–H groups in total. The van der Waals surface area contributed by atoms with Crippen LogP contribution in [-0.4, -0.2) is 34.9 Å². The Hall–Kier alpha value is -2.95. The van der Waals surface area contributed by atoms with Gasteiger partial charge < -0.3 is 9.84 Å². The van der Waals surface area contributed by atoms with Crippen molar-refractivity contribution in [3.63, 3.8) is 0 Å². The van der Waals surface area contributed by atoms with Gasteiger partial charge in [0.15, 0.2) is 5.78 Å². The van der Waals surface area contributed by atoms with Crippen LogP contribution < -0.4 is 4.74 Å². The third-order valence-electron chi connectivity index (χ3n) is 6.25. The third-order valence-corrected chi connectivity index (χ3v) is 6.25. The molecule has 0 amide bonds. The van der Waals surface area contributed by atoms with Crippen LogP contribution in [0.15, 0.2) is 84.9 Å². The van der Waals surface area contributed by atoms with E-state index in [0.717, 1.165) is 16.9 Å². The zero-order valence-electron chi connectivity index (χ0n) is 17.9. The number of likely N-dealkylation sites (tertiary alicyclic amines) is 1. The molecular formula is C27H29NO3. The summed E-state index contributed by atoms with van der Waals surface area (Å²) in [6, 6.07) is 27.0. The van der Waals surface area contributed by atoms with E-state index in [0.29, 0.717) is 38.1 Å². The predicted molar refractivity (Wildman–Crippen MR) is 122 cm³/mol. The number of aliphatic hydroxyl groups is 1. The molecule has 1 saturated heterocycles. The smallest absolute Gasteiger partial charge is 0.179 e. The summed E-state index contributed by atoms with van der Waals surface area (Å²) < 4.78 is 5.82. The van der Waals surface area contributed by atoms with Gasteiger partial charge in [-0.2, -0.15) is 0 Å². The van der Waals surface area contributed by atoms with Crippen molar-refractivity contribution >= 4 is 5.78 Å². The Morgan fingerprint density at radius 1 is 0.935 bits per heavy atom. The lowest BCUT2D eigenvalue weighted by atomic mass is 9.84. The second-order valence-corrected chi connectivity index (χ2v) is 8.27. The van der Waals surface area contributed by atoms with Crippen LogP contribution in [-0.2, 0) is 12.2 Å². The van der Waals surface area contributed by atoms with Gasteiger partial charge in [-0.3, -0.25) is 9.69 Å². The first-order valence-corrected chi connectivity index (χ1v) is 10.9. The van der Waals surface area contributed by atoms with Crippen molar-refractivity contribution in [3.8, 4) is 5.75 Å². The Kier molecular flexibility index (Phi) is 6.50. The highest BCUT2D eigenvalue weighted by atomic mass is 16.5. The van der Waals surface area contributed by atoms with Crippen LogP contribution in [0.2, 0.25) is 0 Å². The number of hydrogen-bond donors (Lipinski definition) is 1. The summed E-state index contributed by atoms with van der Waals surface area (Å²) in [5.41, 5.74) is 1.94. The molecule has 1 aliphatic heterocycles. The molecule has 1 fully saturated rings. The van der Waals surface area contributed by atoms with Gasteiger partial charge in [0, 0.05) is 18.7 Å². The molecule has 4 rings (SSSR count). The van der Waals surface area contributed by atoms with Gasteiger partial charge in [0.1, 0.15) is 12.4 Å². The molecule has 0 aliphatic carbocycles. The van der Waals surface area contributed by atoms with Crippen molar-refractivity contribution in [2.24, 2.45) is 0 Å². The van der Waals surface area contributed by atoms with E-state index in [9.17, 15) is 9.90 Å². The summed E-state index contributed by atoms with van der Waals surface area (Å²) >= 11 is 0. The standard InChI is InChI=1S/C27H29NO3/c1-21(28-18-16-27(30,17-19-28)24-10-6-3-7-11-24)26(29)23-12-14-25(15-13-23)31-20-22-8-4-2-5-9-22/h2-15,21,30H,16-20H2,1H3/t21-/m0/s1. The Balaban J connectivity index is 1.33. The monoisotopic (exact) mass is 415 g/mol. The number of carbonyl (C=O) groups is 1. The Morgan fingerprint density at radius 2 is 1.52 bits per heavy atom. The maximum absolute atomic E-state index is 13.0. The second-order valence-electron chi connectivity index (χ2n) is 8.27. The third kappa shape index (κ3) is 5.04. The molecule has 0 unspecified atom stereocenters. The summed E-state index contributed by atoms with van der Waals surface area (Å²) in [5.74, 6) is 0.846. The molecule has 4 nitrogen and oxygen atoms in total. The highest BCUT2D eigenvalue weighted by molar-refractivity contribution is 5.99. The van der Waals surface area contributed by atoms with Gasteiger partial charge >= 0.3 is 0 Å². The molecule has 4 heteroatoms. The van der Waals surface area contributed by atoms with Crippen molar-refractivity contribution in [3.05, 3.63) is 102 Å². The average Bonchev–Trinajstić information content (AvgIpc) is 2.84. The predicted octanol–water partition coefficient (Wildman–Crippen LogP) is 4.82. The second kappa shape index (κ2) is 9.46. The number of benzene rings is 3. The molecule has 1 heterocycles. The van der Waals surface area contributed by atoms with Gasteiger partial charge in [0.25, 0.3) is 0 Å². The maximum Gasteiger partial charge on any atom is 0.179 e. The van der Waals surface area contributed by atoms with E-state index >= 15 is 0 Å². The fraction of sp³-hybridized carbons (Fsp3) is 0.296. The first-order chi connectivity index (χ1) is 15.0. The first-order valence-electron chi connectivity index (χ1n) is 10.9. The van der Waals surface area contributed by atoms with Crippen LogP contribution in [0.1, 0.15) is 41.3 Å². The SMILES string of the molecule is C[C@@H](C(=O)c1ccc(OCc2ccccc2)cc1)N1CCC(O)(c2ccccc2)CC1. The molecule has 0 aromatic heterocycles. The number of carbonyl (C=O) groups excluding carboxylic acids is 1. The van der Waals surface area contributed by atoms with E-state index in [1.165, 1.54) is 0 Å². The number of hydrogen-bond acceptors (Lipinski definition) is 4. The highest BCUT2D eigenvalue weighted by Gasteiger charge is 2.36. The van der Waals surface area contributed by atoms with Crippen molar-refractivity contribution in [2.45, 2.75) is 38.0 Å². The van der Waals surface area contributed by atoms with Crippen LogP contribution in [0, 0.1) is 0 Å². The largest absolute Gasteiger partial charge is 0.489 e. The molecule has 0 spiro atoms. The molecule has 31 heavy (non-hydrogen) atoms. The van der Waals surface area contributed by atoms with E-state index in [1.54, 1.807) is 0 Å². The molecular weight excluding hydrogens is 386 g/mol. The van der Waals surface area contributed by atoms with E-state index < -0.39 is 5.60 Å². The van der Waals surface area contributed by atoms with Gasteiger partial charge in [0.2, 0.25) is 0 Å². The fourth-order valence-corrected chi connectivity index (χ4v) is 4.18. The van der Waals surface area contributed by atoms with Crippen molar-refractivity contribution in [1.29, 1.82) is 0 Å². The van der Waals surface area contributed by atoms with E-state index in [-0.39, 0.29) is 11.8 Å². The molecule has 3 aromatic carbocycles. The number of ether oxygens (including phenoxy) is 1. The number of piperidine rings is 1. The Labute approximate surface area is 184 Å². The van der Waals surface area contributed by atoms with E-state index in [2.05, 4.69) is 4.90 Å². The summed E-state index contributed by atoms with van der Waals surface area (Å²) in [7, 11) is 0. The van der Waals surface area contributed by atoms with Gasteiger partial charge in [-0.05, 0) is 55.2 Å². The molecule has 1 atom stereocenters. The quantitative estimate of drug-likeness (QED) is 0.562. The van der Waals surface area contributed by atoms with Gasteiger partial charge in [-0.15, -0.1) is 0 Å². The molecule has 3 aromatic rings. The number of nitrogens with zero attached hydrogens (tertiary/aromatic N) is 1. The Morgan fingerprint density at radius 3 is 2.13 bits per heavy atom. The molecule has 0 bridgehead atoms. The van der Waals surface area contributed by atoms with Crippen LogP contribution in [0.25, 0.3) is 0 Å². The number of rotatable bonds is 7. The van der Waals surface area contributed by atoms with E-state index in [1.807, 2.05) is 91.9 Å². The van der Waals surface area contributed by atoms with Gasteiger partial charge in [-0.1, -0.05) is 60.7 Å². The molecule has 1 aliphatic rings. The summed E-state index contributed by atoms with van der Waals surface area (Å²) in [6.07, 6.45) is 1.25. The minimum atomic E-state index is -0.807. The van der Waals surface area contributed by atoms with Gasteiger partial charge in [-0.25, -0.2) is 0 Å². The van der Waals surface area contributed by atoms with Crippen LogP contribution >= 0.6 is 0 Å². The summed E-state index contributed by atoms with van der Waals surface area (Å²) in [5, 5.41) is 11.0. The lowest BCUT2D eigenvalue weighted by Crippen LogP contribution is -2.48. The summed E-state index contributed by atoms with van der Waals surface area (Å²) in [6.45, 7) is 3.84. The number of ketones is 1. The van der Waals surface area contributed by atoms with Crippen molar-refractivity contribution in [1.82, 2.24) is 4.90 Å². The normalized spacial score (nSPS) is 17.1. The van der Waals surface area contributed by atoms with Crippen LogP contribution in [0.3, 0.4) is 0 Å². The number of Topliss-reactive ketones (excluding diaryl/α,β-unsaturated/α-hetero) is 1. The fourth-order valence-electron chi connectivity index (χ4n) is 4.18. The van der Waals surface area contributed by atoms with Gasteiger partial charge in [0.05, 0.1) is 11.6 Å². The molecule has 160 valence electrons. The van der Waals surface area contributed by atoms with Crippen molar-refractivity contribution in [2.75, 3.05) is 13.1 Å². The Bertz CT molecular complexity index is 978. The zero-order valence-corrected chi connectivity index (χ0v) is 17.9. The average molecular weight is 416 g/mol. The minimum absolute atomic E-state index is 0.0970. The van der Waals surface area contributed by atoms with Crippen LogP contribution in [0.5, 0.6) is 5.75 Å². The van der Waals surface area contributed by atoms with Crippen LogP contribution in [0.4, 0.5) is 0 Å². The lowest BCUT2D eigenvalue weighted by molar-refractivity contribution is -0.0318. The minimum Gasteiger partial charge on any atom is -0.489 e. The lowest BCUT2D eigenvalue weighted by Gasteiger charge is -2.40. The molecule has 0 radical (unpaired) electrons. The summed E-state index contributed by atoms with van der Waals surface area (Å²) in [4.78, 5) is 15.2. The maximum atomic E-state index is 13.0. The first kappa shape index (κ1) is 21.3. The zero-order chi connectivity index (χ0) is 21.7. The van der Waals surface area contributed by atoms with Crippen molar-refractivity contribution < 1.29 is 14.6 Å². The topological polar surface area (TPSA) is 49.8 Å². The van der Waals surface area contributed by atoms with E-state index in [4.69, 9.17) is 4.74 Å². The molecule has 0 saturated carbocycles.